The molecule has 1 aliphatic rings. The molecule has 24 heavy (non-hydrogen) atoms. The molecule has 6 nitrogen and oxygen atoms in total. The Bertz CT molecular complexity index is 645. The molecule has 0 radical (unpaired) electrons. The largest absolute Gasteiger partial charge is 0.379 e. The maximum absolute atomic E-state index is 12.7. The molecule has 0 saturated carbocycles. The van der Waals surface area contributed by atoms with Crippen molar-refractivity contribution < 1.29 is 14.4 Å². The van der Waals surface area contributed by atoms with Crippen molar-refractivity contribution in [2.45, 2.75) is 31.4 Å². The zero-order valence-electron chi connectivity index (χ0n) is 13.6. The molecule has 2 N–H and O–H groups in total. The summed E-state index contributed by atoms with van der Waals surface area (Å²) in [5.74, 6) is 0.498. The van der Waals surface area contributed by atoms with E-state index in [1.807, 2.05) is 18.2 Å². The van der Waals surface area contributed by atoms with Crippen LogP contribution in [0.5, 0.6) is 0 Å². The van der Waals surface area contributed by atoms with E-state index in [1.165, 1.54) is 5.56 Å². The summed E-state index contributed by atoms with van der Waals surface area (Å²) in [5.41, 5.74) is -0.141. The molecular weight excluding hydrogens is 306 g/mol. The van der Waals surface area contributed by atoms with E-state index in [0.29, 0.717) is 31.8 Å². The second kappa shape index (κ2) is 7.59. The first-order valence-electron chi connectivity index (χ1n) is 8.33. The quantitative estimate of drug-likeness (QED) is 0.802. The van der Waals surface area contributed by atoms with Gasteiger partial charge in [-0.05, 0) is 24.8 Å². The average molecular weight is 329 g/mol. The summed E-state index contributed by atoms with van der Waals surface area (Å²) < 4.78 is 5.00. The van der Waals surface area contributed by atoms with E-state index in [9.17, 15) is 9.90 Å². The lowest BCUT2D eigenvalue weighted by atomic mass is 9.91. The first kappa shape index (κ1) is 16.7. The van der Waals surface area contributed by atoms with Crippen molar-refractivity contribution in [1.82, 2.24) is 15.4 Å². The van der Waals surface area contributed by atoms with Crippen LogP contribution in [0.2, 0.25) is 0 Å². The lowest BCUT2D eigenvalue weighted by Crippen LogP contribution is -2.58. The number of likely N-dealkylation sites (tertiary alicyclic amines) is 1. The van der Waals surface area contributed by atoms with Gasteiger partial charge in [0.1, 0.15) is 5.76 Å². The third-order valence-corrected chi connectivity index (χ3v) is 4.42. The summed E-state index contributed by atoms with van der Waals surface area (Å²) >= 11 is 0. The molecule has 6 heteroatoms. The van der Waals surface area contributed by atoms with Crippen molar-refractivity contribution in [1.29, 1.82) is 0 Å². The third kappa shape index (κ3) is 4.01. The van der Waals surface area contributed by atoms with E-state index < -0.39 is 5.60 Å². The van der Waals surface area contributed by atoms with Crippen LogP contribution < -0.4 is 5.32 Å². The molecule has 1 atom stereocenters. The van der Waals surface area contributed by atoms with Crippen molar-refractivity contribution in [3.05, 3.63) is 53.9 Å². The Morgan fingerprint density at radius 3 is 2.88 bits per heavy atom. The van der Waals surface area contributed by atoms with Gasteiger partial charge >= 0.3 is 0 Å². The van der Waals surface area contributed by atoms with Crippen molar-refractivity contribution >= 4 is 5.91 Å². The van der Waals surface area contributed by atoms with Crippen LogP contribution in [0.4, 0.5) is 0 Å². The number of nitrogens with one attached hydrogen (secondary N) is 1. The molecule has 1 unspecified atom stereocenters. The highest BCUT2D eigenvalue weighted by molar-refractivity contribution is 5.86. The summed E-state index contributed by atoms with van der Waals surface area (Å²) in [5, 5.41) is 17.5. The molecule has 1 aromatic carbocycles. The van der Waals surface area contributed by atoms with E-state index in [0.717, 1.165) is 12.8 Å². The number of piperidine rings is 1. The SMILES string of the molecule is O=C1N(CCc2ccccc2)CCCC1(O)CNCc1ccno1. The minimum Gasteiger partial charge on any atom is -0.379 e. The van der Waals surface area contributed by atoms with Gasteiger partial charge in [0.05, 0.1) is 12.7 Å². The summed E-state index contributed by atoms with van der Waals surface area (Å²) in [7, 11) is 0. The van der Waals surface area contributed by atoms with Crippen LogP contribution >= 0.6 is 0 Å². The molecule has 1 aromatic heterocycles. The van der Waals surface area contributed by atoms with Crippen molar-refractivity contribution in [2.24, 2.45) is 0 Å². The predicted octanol–water partition coefficient (Wildman–Crippen LogP) is 1.36. The second-order valence-corrected chi connectivity index (χ2v) is 6.25. The number of carbonyl (C=O) groups excluding carboxylic acids is 1. The topological polar surface area (TPSA) is 78.6 Å². The number of carbonyl (C=O) groups is 1. The van der Waals surface area contributed by atoms with Crippen molar-refractivity contribution in [3.8, 4) is 0 Å². The number of aliphatic hydroxyl groups is 1. The monoisotopic (exact) mass is 329 g/mol. The molecule has 0 aliphatic carbocycles. The molecule has 1 aliphatic heterocycles. The molecule has 2 aromatic rings. The Morgan fingerprint density at radius 2 is 2.12 bits per heavy atom. The lowest BCUT2D eigenvalue weighted by molar-refractivity contribution is -0.156. The zero-order chi connectivity index (χ0) is 16.8. The minimum atomic E-state index is -1.34. The first-order chi connectivity index (χ1) is 11.7. The number of amides is 1. The molecule has 1 saturated heterocycles. The van der Waals surface area contributed by atoms with Crippen LogP contribution in [0, 0.1) is 0 Å². The van der Waals surface area contributed by atoms with Gasteiger partial charge in [-0.1, -0.05) is 35.5 Å². The van der Waals surface area contributed by atoms with Gasteiger partial charge in [-0.3, -0.25) is 4.79 Å². The summed E-state index contributed by atoms with van der Waals surface area (Å²) in [6.07, 6.45) is 3.66. The van der Waals surface area contributed by atoms with E-state index in [1.54, 1.807) is 17.2 Å². The minimum absolute atomic E-state index is 0.185. The highest BCUT2D eigenvalue weighted by Crippen LogP contribution is 2.22. The van der Waals surface area contributed by atoms with E-state index in [-0.39, 0.29) is 12.5 Å². The van der Waals surface area contributed by atoms with Crippen LogP contribution in [-0.2, 0) is 17.8 Å². The highest BCUT2D eigenvalue weighted by atomic mass is 16.5. The zero-order valence-corrected chi connectivity index (χ0v) is 13.6. The molecule has 3 rings (SSSR count). The fourth-order valence-corrected chi connectivity index (χ4v) is 3.08. The second-order valence-electron chi connectivity index (χ2n) is 6.25. The van der Waals surface area contributed by atoms with Gasteiger partial charge in [0, 0.05) is 25.7 Å². The van der Waals surface area contributed by atoms with Crippen molar-refractivity contribution in [2.75, 3.05) is 19.6 Å². The Hall–Kier alpha value is -2.18. The van der Waals surface area contributed by atoms with Gasteiger partial charge in [0.15, 0.2) is 5.60 Å². The van der Waals surface area contributed by atoms with Crippen LogP contribution in [0.25, 0.3) is 0 Å². The third-order valence-electron chi connectivity index (χ3n) is 4.42. The summed E-state index contributed by atoms with van der Waals surface area (Å²) in [4.78, 5) is 14.4. The van der Waals surface area contributed by atoms with Crippen LogP contribution in [0.3, 0.4) is 0 Å². The smallest absolute Gasteiger partial charge is 0.255 e. The van der Waals surface area contributed by atoms with E-state index in [2.05, 4.69) is 22.6 Å². The van der Waals surface area contributed by atoms with Crippen LogP contribution in [0.15, 0.2) is 47.1 Å². The number of rotatable bonds is 7. The van der Waals surface area contributed by atoms with E-state index in [4.69, 9.17) is 4.52 Å². The molecular formula is C18H23N3O3. The predicted molar refractivity (Wildman–Crippen MR) is 89.1 cm³/mol. The Kier molecular flexibility index (Phi) is 5.27. The van der Waals surface area contributed by atoms with Crippen molar-refractivity contribution in [3.63, 3.8) is 0 Å². The van der Waals surface area contributed by atoms with Crippen LogP contribution in [-0.4, -0.2) is 46.3 Å². The first-order valence-corrected chi connectivity index (χ1v) is 8.33. The Balaban J connectivity index is 1.53. The maximum atomic E-state index is 12.7. The normalized spacial score (nSPS) is 21.2. The Labute approximate surface area is 141 Å². The highest BCUT2D eigenvalue weighted by Gasteiger charge is 2.41. The van der Waals surface area contributed by atoms with Gasteiger partial charge in [0.2, 0.25) is 0 Å². The van der Waals surface area contributed by atoms with E-state index >= 15 is 0 Å². The van der Waals surface area contributed by atoms with Gasteiger partial charge in [-0.15, -0.1) is 0 Å². The maximum Gasteiger partial charge on any atom is 0.255 e. The number of benzene rings is 1. The fraction of sp³-hybridized carbons (Fsp3) is 0.444. The average Bonchev–Trinajstić information content (AvgIpc) is 3.11. The number of aromatic nitrogens is 1. The molecule has 0 bridgehead atoms. The number of nitrogens with zero attached hydrogens (tertiary/aromatic N) is 2. The molecule has 0 spiro atoms. The molecule has 128 valence electrons. The Morgan fingerprint density at radius 1 is 1.29 bits per heavy atom. The molecule has 2 heterocycles. The lowest BCUT2D eigenvalue weighted by Gasteiger charge is -2.38. The molecule has 1 fully saturated rings. The van der Waals surface area contributed by atoms with Gasteiger partial charge in [-0.25, -0.2) is 0 Å². The summed E-state index contributed by atoms with van der Waals surface area (Å²) in [6, 6.07) is 11.8. The standard InChI is InChI=1S/C18H23N3O3/c22-17-18(23,14-19-13-16-7-10-20-24-16)9-4-11-21(17)12-8-15-5-2-1-3-6-15/h1-3,5-7,10,19,23H,4,8-9,11-14H2. The van der Waals surface area contributed by atoms with Gasteiger partial charge in [-0.2, -0.15) is 0 Å². The van der Waals surface area contributed by atoms with Gasteiger partial charge < -0.3 is 19.8 Å². The molecule has 1 amide bonds. The fourth-order valence-electron chi connectivity index (χ4n) is 3.08. The van der Waals surface area contributed by atoms with Crippen LogP contribution in [0.1, 0.15) is 24.2 Å². The number of hydrogen-bond donors (Lipinski definition) is 2. The summed E-state index contributed by atoms with van der Waals surface area (Å²) in [6.45, 7) is 2.00. The van der Waals surface area contributed by atoms with Gasteiger partial charge in [0.25, 0.3) is 5.91 Å². The number of hydrogen-bond acceptors (Lipinski definition) is 5.